The number of hydrogen-bond donors (Lipinski definition) is 2. The Morgan fingerprint density at radius 1 is 0.839 bits per heavy atom. The summed E-state index contributed by atoms with van der Waals surface area (Å²) in [6.45, 7) is 2.30. The highest BCUT2D eigenvalue weighted by molar-refractivity contribution is 5.91. The molecule has 0 saturated carbocycles. The number of nitrogens with one attached hydrogen (secondary N) is 1. The molecule has 5 heteroatoms. The van der Waals surface area contributed by atoms with Gasteiger partial charge in [-0.3, -0.25) is 9.59 Å². The van der Waals surface area contributed by atoms with Crippen LogP contribution in [0.3, 0.4) is 0 Å². The first-order valence-electron chi connectivity index (χ1n) is 10.3. The number of carbonyl (C=O) groups is 2. The molecule has 31 heavy (non-hydrogen) atoms. The summed E-state index contributed by atoms with van der Waals surface area (Å²) < 4.78 is 5.74. The predicted octanol–water partition coefficient (Wildman–Crippen LogP) is 4.14. The Balaban J connectivity index is 1.49. The van der Waals surface area contributed by atoms with Crippen molar-refractivity contribution in [3.05, 3.63) is 102 Å². The van der Waals surface area contributed by atoms with E-state index in [-0.39, 0.29) is 18.7 Å². The van der Waals surface area contributed by atoms with Crippen molar-refractivity contribution in [1.29, 1.82) is 0 Å². The number of hydrogen-bond acceptors (Lipinski definition) is 4. The third-order valence-electron chi connectivity index (χ3n) is 5.12. The van der Waals surface area contributed by atoms with Crippen molar-refractivity contribution in [2.75, 3.05) is 0 Å². The van der Waals surface area contributed by atoms with Gasteiger partial charge in [0.2, 0.25) is 5.91 Å². The van der Waals surface area contributed by atoms with Gasteiger partial charge in [0, 0.05) is 19.4 Å². The van der Waals surface area contributed by atoms with Gasteiger partial charge in [-0.1, -0.05) is 72.8 Å². The SMILES string of the molecule is CC(O)(C(=O)CCC(=O)NCc1ccccc1)c1ccc(OCc2ccccc2)cc1. The number of benzene rings is 3. The number of Topliss-reactive ketones (excluding diaryl/α,β-unsaturated/α-hetero) is 1. The molecule has 0 saturated heterocycles. The molecular formula is C26H27NO4. The first-order chi connectivity index (χ1) is 14.9. The van der Waals surface area contributed by atoms with Crippen LogP contribution in [-0.2, 0) is 28.3 Å². The zero-order valence-electron chi connectivity index (χ0n) is 17.6. The van der Waals surface area contributed by atoms with E-state index >= 15 is 0 Å². The second-order valence-corrected chi connectivity index (χ2v) is 7.56. The Morgan fingerprint density at radius 2 is 1.42 bits per heavy atom. The smallest absolute Gasteiger partial charge is 0.220 e. The summed E-state index contributed by atoms with van der Waals surface area (Å²) in [6, 6.07) is 26.2. The van der Waals surface area contributed by atoms with Crippen LogP contribution in [-0.4, -0.2) is 16.8 Å². The quantitative estimate of drug-likeness (QED) is 0.520. The van der Waals surface area contributed by atoms with E-state index in [0.29, 0.717) is 24.5 Å². The van der Waals surface area contributed by atoms with Gasteiger partial charge in [0.1, 0.15) is 18.0 Å². The topological polar surface area (TPSA) is 75.6 Å². The molecule has 0 heterocycles. The fourth-order valence-electron chi connectivity index (χ4n) is 3.13. The molecule has 3 aromatic rings. The van der Waals surface area contributed by atoms with E-state index in [0.717, 1.165) is 11.1 Å². The molecular weight excluding hydrogens is 390 g/mol. The number of ether oxygens (including phenoxy) is 1. The summed E-state index contributed by atoms with van der Waals surface area (Å²) in [5, 5.41) is 13.5. The van der Waals surface area contributed by atoms with E-state index in [4.69, 9.17) is 4.74 Å². The van der Waals surface area contributed by atoms with Crippen LogP contribution in [0.4, 0.5) is 0 Å². The van der Waals surface area contributed by atoms with Gasteiger partial charge in [0.25, 0.3) is 0 Å². The second-order valence-electron chi connectivity index (χ2n) is 7.56. The molecule has 0 fully saturated rings. The van der Waals surface area contributed by atoms with Crippen LogP contribution >= 0.6 is 0 Å². The van der Waals surface area contributed by atoms with Crippen molar-refractivity contribution < 1.29 is 19.4 Å². The third-order valence-corrected chi connectivity index (χ3v) is 5.12. The molecule has 2 N–H and O–H groups in total. The maximum atomic E-state index is 12.6. The Hall–Kier alpha value is -3.44. The molecule has 0 aromatic heterocycles. The molecule has 1 amide bonds. The van der Waals surface area contributed by atoms with Crippen molar-refractivity contribution in [3.63, 3.8) is 0 Å². The van der Waals surface area contributed by atoms with Gasteiger partial charge in [-0.2, -0.15) is 0 Å². The van der Waals surface area contributed by atoms with Gasteiger partial charge >= 0.3 is 0 Å². The molecule has 160 valence electrons. The summed E-state index contributed by atoms with van der Waals surface area (Å²) in [5.74, 6) is 0.0223. The fraction of sp³-hybridized carbons (Fsp3) is 0.231. The van der Waals surface area contributed by atoms with Crippen LogP contribution in [0.2, 0.25) is 0 Å². The van der Waals surface area contributed by atoms with E-state index in [2.05, 4.69) is 5.32 Å². The minimum atomic E-state index is -1.67. The van der Waals surface area contributed by atoms with E-state index < -0.39 is 11.4 Å². The molecule has 1 unspecified atom stereocenters. The van der Waals surface area contributed by atoms with Crippen molar-refractivity contribution in [2.24, 2.45) is 0 Å². The Morgan fingerprint density at radius 3 is 2.03 bits per heavy atom. The first kappa shape index (κ1) is 22.2. The second kappa shape index (κ2) is 10.5. The summed E-state index contributed by atoms with van der Waals surface area (Å²) in [5.41, 5.74) is 0.842. The van der Waals surface area contributed by atoms with Crippen molar-refractivity contribution in [3.8, 4) is 5.75 Å². The van der Waals surface area contributed by atoms with Gasteiger partial charge < -0.3 is 15.2 Å². The minimum Gasteiger partial charge on any atom is -0.489 e. The standard InChI is InChI=1S/C26H27NO4/c1-26(30,24(28)16-17-25(29)27-18-20-8-4-2-5-9-20)22-12-14-23(15-13-22)31-19-21-10-6-3-7-11-21/h2-15,30H,16-19H2,1H3,(H,27,29). The summed E-state index contributed by atoms with van der Waals surface area (Å²) in [6.07, 6.45) is -0.0139. The largest absolute Gasteiger partial charge is 0.489 e. The zero-order valence-corrected chi connectivity index (χ0v) is 17.6. The highest BCUT2D eigenvalue weighted by atomic mass is 16.5. The molecule has 0 spiro atoms. The number of rotatable bonds is 10. The Bertz CT molecular complexity index is 983. The minimum absolute atomic E-state index is 0.0279. The predicted molar refractivity (Wildman–Crippen MR) is 119 cm³/mol. The Kier molecular flexibility index (Phi) is 7.57. The van der Waals surface area contributed by atoms with E-state index in [1.807, 2.05) is 60.7 Å². The summed E-state index contributed by atoms with van der Waals surface area (Å²) in [4.78, 5) is 24.6. The van der Waals surface area contributed by atoms with Crippen molar-refractivity contribution >= 4 is 11.7 Å². The van der Waals surface area contributed by atoms with E-state index in [9.17, 15) is 14.7 Å². The summed E-state index contributed by atoms with van der Waals surface area (Å²) in [7, 11) is 0. The lowest BCUT2D eigenvalue weighted by atomic mass is 9.89. The van der Waals surface area contributed by atoms with Crippen LogP contribution in [0.5, 0.6) is 5.75 Å². The van der Waals surface area contributed by atoms with Crippen LogP contribution in [0, 0.1) is 0 Å². The summed E-state index contributed by atoms with van der Waals surface area (Å²) >= 11 is 0. The maximum absolute atomic E-state index is 12.6. The average molecular weight is 418 g/mol. The molecule has 3 rings (SSSR count). The van der Waals surface area contributed by atoms with Gasteiger partial charge in [-0.05, 0) is 35.7 Å². The van der Waals surface area contributed by atoms with Crippen LogP contribution < -0.4 is 10.1 Å². The molecule has 3 aromatic carbocycles. The van der Waals surface area contributed by atoms with Crippen LogP contribution in [0.25, 0.3) is 0 Å². The van der Waals surface area contributed by atoms with E-state index in [1.54, 1.807) is 24.3 Å². The number of ketones is 1. The van der Waals surface area contributed by atoms with Crippen LogP contribution in [0.15, 0.2) is 84.9 Å². The molecule has 0 bridgehead atoms. The average Bonchev–Trinajstić information content (AvgIpc) is 2.81. The molecule has 1 atom stereocenters. The normalized spacial score (nSPS) is 12.6. The monoisotopic (exact) mass is 417 g/mol. The van der Waals surface area contributed by atoms with Gasteiger partial charge in [0.05, 0.1) is 0 Å². The Labute approximate surface area is 182 Å². The third kappa shape index (κ3) is 6.52. The van der Waals surface area contributed by atoms with Crippen molar-refractivity contribution in [2.45, 2.75) is 38.5 Å². The zero-order chi connectivity index (χ0) is 22.1. The van der Waals surface area contributed by atoms with Crippen molar-refractivity contribution in [1.82, 2.24) is 5.32 Å². The highest BCUT2D eigenvalue weighted by Gasteiger charge is 2.32. The van der Waals surface area contributed by atoms with Gasteiger partial charge in [-0.15, -0.1) is 0 Å². The fourth-order valence-corrected chi connectivity index (χ4v) is 3.13. The number of carbonyl (C=O) groups excluding carboxylic acids is 2. The molecule has 5 nitrogen and oxygen atoms in total. The first-order valence-corrected chi connectivity index (χ1v) is 10.3. The number of aliphatic hydroxyl groups is 1. The molecule has 0 aliphatic rings. The van der Waals surface area contributed by atoms with E-state index in [1.165, 1.54) is 6.92 Å². The lowest BCUT2D eigenvalue weighted by molar-refractivity contribution is -0.138. The van der Waals surface area contributed by atoms with Gasteiger partial charge in [-0.25, -0.2) is 0 Å². The molecule has 0 aliphatic heterocycles. The highest BCUT2D eigenvalue weighted by Crippen LogP contribution is 2.26. The van der Waals surface area contributed by atoms with Crippen LogP contribution in [0.1, 0.15) is 36.5 Å². The molecule has 0 aliphatic carbocycles. The molecule has 0 radical (unpaired) electrons. The lowest BCUT2D eigenvalue weighted by Crippen LogP contribution is -2.33. The van der Waals surface area contributed by atoms with Gasteiger partial charge in [0.15, 0.2) is 5.78 Å². The number of amides is 1. The lowest BCUT2D eigenvalue weighted by Gasteiger charge is -2.22. The maximum Gasteiger partial charge on any atom is 0.220 e.